The molecule has 4 aliphatic rings. The number of fused-ring (bicyclic) bond motifs is 5. The Morgan fingerprint density at radius 2 is 1.37 bits per heavy atom. The molecule has 1 heteroatoms. The number of ketones is 1. The minimum atomic E-state index is 0.504. The third-order valence-electron chi connectivity index (χ3n) is 10.3. The van der Waals surface area contributed by atoms with E-state index in [0.29, 0.717) is 16.6 Å². The first-order valence-corrected chi connectivity index (χ1v) is 16.0. The fraction of sp³-hybridized carbons (Fsp3) is 0.912. The number of carbonyl (C=O) groups excluding carboxylic acids is 1. The minimum absolute atomic E-state index is 0.504. The summed E-state index contributed by atoms with van der Waals surface area (Å²) in [7, 11) is 0. The summed E-state index contributed by atoms with van der Waals surface area (Å²) in [5, 5.41) is 0. The molecule has 208 valence electrons. The number of hydrogen-bond acceptors (Lipinski definition) is 1. The van der Waals surface area contributed by atoms with E-state index < -0.39 is 0 Å². The summed E-state index contributed by atoms with van der Waals surface area (Å²) in [5.74, 6) is 5.49. The van der Waals surface area contributed by atoms with E-state index in [-0.39, 0.29) is 0 Å². The van der Waals surface area contributed by atoms with Crippen molar-refractivity contribution in [3.8, 4) is 0 Å². The smallest absolute Gasteiger partial charge is 0.132 e. The maximum absolute atomic E-state index is 11.9. The van der Waals surface area contributed by atoms with Crippen LogP contribution in [0.2, 0.25) is 0 Å². The van der Waals surface area contributed by atoms with Crippen LogP contribution in [-0.2, 0) is 4.79 Å². The highest BCUT2D eigenvalue weighted by molar-refractivity contribution is 5.78. The quantitative estimate of drug-likeness (QED) is 0.338. The average molecular weight is 491 g/mol. The molecular weight excluding hydrogens is 424 g/mol. The summed E-state index contributed by atoms with van der Waals surface area (Å²) < 4.78 is 0. The first-order chi connectivity index (χ1) is 17.0. The standard InChI is InChI=1S/C26H44O.3C2H6.C2H4/c1-4-8-21(27)11-7-10-20-13-15-23-22-14-12-19-9-5-6-17-25(19,2)24(22)16-18-26(20,23)3;4*1-2/h19-20,22-24H,4-18H2,1-3H3;3*1-2H3;1-2H2. The molecule has 0 aromatic rings. The maximum Gasteiger partial charge on any atom is 0.132 e. The van der Waals surface area contributed by atoms with Crippen molar-refractivity contribution < 1.29 is 4.79 Å². The van der Waals surface area contributed by atoms with Crippen LogP contribution < -0.4 is 0 Å². The van der Waals surface area contributed by atoms with Crippen molar-refractivity contribution in [2.24, 2.45) is 40.4 Å². The van der Waals surface area contributed by atoms with E-state index in [2.05, 4.69) is 33.9 Å². The van der Waals surface area contributed by atoms with E-state index in [1.807, 2.05) is 41.5 Å². The summed E-state index contributed by atoms with van der Waals surface area (Å²) >= 11 is 0. The van der Waals surface area contributed by atoms with E-state index in [1.165, 1.54) is 70.6 Å². The van der Waals surface area contributed by atoms with Gasteiger partial charge in [-0.2, -0.15) is 0 Å². The van der Waals surface area contributed by atoms with Crippen LogP contribution in [0.3, 0.4) is 0 Å². The van der Waals surface area contributed by atoms with E-state index >= 15 is 0 Å². The molecule has 0 saturated heterocycles. The van der Waals surface area contributed by atoms with Gasteiger partial charge >= 0.3 is 0 Å². The lowest BCUT2D eigenvalue weighted by molar-refractivity contribution is -0.119. The Balaban J connectivity index is 0.00000132. The SMILES string of the molecule is C=C.CC.CC.CC.CCCC(=O)CCCC1CCC2C3CCC4CCCCC4(C)C3CCC12C. The molecule has 7 atom stereocenters. The molecule has 4 aliphatic carbocycles. The molecule has 4 fully saturated rings. The van der Waals surface area contributed by atoms with E-state index in [4.69, 9.17) is 0 Å². The molecule has 0 N–H and O–H groups in total. The Hall–Kier alpha value is -0.590. The molecule has 0 heterocycles. The summed E-state index contributed by atoms with van der Waals surface area (Å²) in [6, 6.07) is 0. The second-order valence-electron chi connectivity index (χ2n) is 11.4. The zero-order valence-corrected chi connectivity index (χ0v) is 25.8. The lowest BCUT2D eigenvalue weighted by Crippen LogP contribution is -2.52. The highest BCUT2D eigenvalue weighted by Crippen LogP contribution is 2.67. The van der Waals surface area contributed by atoms with Gasteiger partial charge in [-0.3, -0.25) is 4.79 Å². The van der Waals surface area contributed by atoms with Crippen LogP contribution in [0.25, 0.3) is 0 Å². The predicted octanol–water partition coefficient (Wildman–Crippen LogP) is 11.5. The van der Waals surface area contributed by atoms with E-state index in [1.54, 1.807) is 0 Å². The van der Waals surface area contributed by atoms with Crippen LogP contribution in [0.5, 0.6) is 0 Å². The van der Waals surface area contributed by atoms with Crippen molar-refractivity contribution in [2.75, 3.05) is 0 Å². The summed E-state index contributed by atoms with van der Waals surface area (Å²) in [6.07, 6.45) is 20.2. The van der Waals surface area contributed by atoms with Crippen LogP contribution in [0, 0.1) is 40.4 Å². The van der Waals surface area contributed by atoms with E-state index in [0.717, 1.165) is 55.3 Å². The second kappa shape index (κ2) is 17.8. The fourth-order valence-corrected chi connectivity index (χ4v) is 8.83. The topological polar surface area (TPSA) is 17.1 Å². The lowest BCUT2D eigenvalue weighted by Gasteiger charge is -2.60. The Kier molecular flexibility index (Phi) is 17.5. The normalized spacial score (nSPS) is 36.4. The highest BCUT2D eigenvalue weighted by atomic mass is 16.1. The molecule has 0 aliphatic heterocycles. The van der Waals surface area contributed by atoms with Crippen molar-refractivity contribution in [3.63, 3.8) is 0 Å². The van der Waals surface area contributed by atoms with Crippen molar-refractivity contribution in [2.45, 2.75) is 159 Å². The Morgan fingerprint density at radius 1 is 0.743 bits per heavy atom. The molecule has 7 unspecified atom stereocenters. The van der Waals surface area contributed by atoms with Crippen molar-refractivity contribution in [1.29, 1.82) is 0 Å². The van der Waals surface area contributed by atoms with Gasteiger partial charge in [-0.15, -0.1) is 13.2 Å². The third-order valence-corrected chi connectivity index (χ3v) is 10.3. The van der Waals surface area contributed by atoms with Gasteiger partial charge in [0.05, 0.1) is 0 Å². The summed E-state index contributed by atoms with van der Waals surface area (Å²) in [6.45, 7) is 25.5. The van der Waals surface area contributed by atoms with E-state index in [9.17, 15) is 4.79 Å². The summed E-state index contributed by atoms with van der Waals surface area (Å²) in [4.78, 5) is 11.9. The minimum Gasteiger partial charge on any atom is -0.300 e. The number of rotatable bonds is 6. The zero-order chi connectivity index (χ0) is 27.1. The summed E-state index contributed by atoms with van der Waals surface area (Å²) in [5.41, 5.74) is 1.26. The molecule has 0 radical (unpaired) electrons. The van der Waals surface area contributed by atoms with Crippen LogP contribution in [-0.4, -0.2) is 5.78 Å². The zero-order valence-electron chi connectivity index (χ0n) is 25.8. The van der Waals surface area contributed by atoms with Gasteiger partial charge in [0.25, 0.3) is 0 Å². The Labute approximate surface area is 222 Å². The molecule has 4 rings (SSSR count). The van der Waals surface area contributed by atoms with Crippen LogP contribution in [0.1, 0.15) is 159 Å². The molecule has 0 aromatic carbocycles. The molecule has 4 saturated carbocycles. The second-order valence-corrected chi connectivity index (χ2v) is 11.4. The predicted molar refractivity (Wildman–Crippen MR) is 159 cm³/mol. The molecule has 1 nitrogen and oxygen atoms in total. The van der Waals surface area contributed by atoms with Gasteiger partial charge in [-0.25, -0.2) is 0 Å². The molecule has 35 heavy (non-hydrogen) atoms. The van der Waals surface area contributed by atoms with Gasteiger partial charge in [-0.05, 0) is 111 Å². The van der Waals surface area contributed by atoms with Crippen LogP contribution in [0.4, 0.5) is 0 Å². The van der Waals surface area contributed by atoms with Crippen LogP contribution >= 0.6 is 0 Å². The lowest BCUT2D eigenvalue weighted by atomic mass is 9.45. The molecule has 0 spiro atoms. The van der Waals surface area contributed by atoms with Gasteiger partial charge < -0.3 is 0 Å². The van der Waals surface area contributed by atoms with Crippen LogP contribution in [0.15, 0.2) is 13.2 Å². The van der Waals surface area contributed by atoms with Gasteiger partial charge in [-0.1, -0.05) is 75.2 Å². The molecule has 0 aromatic heterocycles. The Morgan fingerprint density at radius 3 is 2.00 bits per heavy atom. The van der Waals surface area contributed by atoms with Gasteiger partial charge in [0, 0.05) is 12.8 Å². The highest BCUT2D eigenvalue weighted by Gasteiger charge is 2.59. The molecule has 0 amide bonds. The number of Topliss-reactive ketones (excluding diaryl/α,β-unsaturated/α-hetero) is 1. The third kappa shape index (κ3) is 7.95. The molecule has 0 bridgehead atoms. The fourth-order valence-electron chi connectivity index (χ4n) is 8.83. The molecular formula is C34H66O. The first-order valence-electron chi connectivity index (χ1n) is 16.0. The van der Waals surface area contributed by atoms with Crippen molar-refractivity contribution >= 4 is 5.78 Å². The first kappa shape index (κ1) is 34.4. The van der Waals surface area contributed by atoms with Gasteiger partial charge in [0.2, 0.25) is 0 Å². The number of hydrogen-bond donors (Lipinski definition) is 0. The average Bonchev–Trinajstić information content (AvgIpc) is 3.25. The number of carbonyl (C=O) groups is 1. The maximum atomic E-state index is 11.9. The Bertz CT molecular complexity index is 553. The van der Waals surface area contributed by atoms with Crippen molar-refractivity contribution in [1.82, 2.24) is 0 Å². The van der Waals surface area contributed by atoms with Gasteiger partial charge in [0.1, 0.15) is 5.78 Å². The van der Waals surface area contributed by atoms with Crippen molar-refractivity contribution in [3.05, 3.63) is 13.2 Å². The van der Waals surface area contributed by atoms with Gasteiger partial charge in [0.15, 0.2) is 0 Å². The largest absolute Gasteiger partial charge is 0.300 e. The monoisotopic (exact) mass is 491 g/mol.